The molecule has 3 atom stereocenters. The molecule has 3 aromatic rings. The third-order valence-corrected chi connectivity index (χ3v) is 9.23. The Morgan fingerprint density at radius 1 is 1.15 bits per heavy atom. The van der Waals surface area contributed by atoms with Gasteiger partial charge in [0.05, 0.1) is 22.9 Å². The average Bonchev–Trinajstić information content (AvgIpc) is 3.78. The Bertz CT molecular complexity index is 1910. The predicted molar refractivity (Wildman–Crippen MR) is 182 cm³/mol. The van der Waals surface area contributed by atoms with E-state index >= 15 is 4.79 Å². The van der Waals surface area contributed by atoms with E-state index < -0.39 is 53.9 Å². The van der Waals surface area contributed by atoms with Gasteiger partial charge >= 0.3 is 18.8 Å². The van der Waals surface area contributed by atoms with Crippen molar-refractivity contribution < 1.29 is 36.3 Å². The van der Waals surface area contributed by atoms with Crippen molar-refractivity contribution in [2.24, 2.45) is 22.1 Å². The molecule has 0 fully saturated rings. The Hall–Kier alpha value is -4.80. The smallest absolute Gasteiger partial charge is 0.411 e. The monoisotopic (exact) mass is 751 g/mol. The molecule has 1 aromatic carbocycles. The van der Waals surface area contributed by atoms with Crippen LogP contribution in [-0.2, 0) is 9.53 Å². The molecule has 1 aliphatic carbocycles. The lowest BCUT2D eigenvalue weighted by Gasteiger charge is -2.39. The van der Waals surface area contributed by atoms with E-state index in [0.717, 1.165) is 19.4 Å². The number of nitrogens with one attached hydrogen (secondary N) is 1. The molecule has 3 heterocycles. The van der Waals surface area contributed by atoms with E-state index in [0.29, 0.717) is 33.5 Å². The molecule has 2 amide bonds. The van der Waals surface area contributed by atoms with Crippen molar-refractivity contribution in [2.75, 3.05) is 6.61 Å². The second-order valence-corrected chi connectivity index (χ2v) is 15.0. The van der Waals surface area contributed by atoms with Crippen LogP contribution in [0.15, 0.2) is 66.0 Å². The lowest BCUT2D eigenvalue weighted by atomic mass is 9.69. The number of carbonyl (C=O) groups excluding carboxylic acids is 2. The molecule has 1 unspecified atom stereocenters. The minimum absolute atomic E-state index is 0.192. The molecule has 1 aliphatic heterocycles. The van der Waals surface area contributed by atoms with E-state index in [1.165, 1.54) is 40.7 Å². The van der Waals surface area contributed by atoms with Crippen LogP contribution in [-0.4, -0.2) is 71.3 Å². The number of guanidine groups is 1. The molecule has 52 heavy (non-hydrogen) atoms. The van der Waals surface area contributed by atoms with Gasteiger partial charge in [0.25, 0.3) is 5.91 Å². The molecule has 2 aliphatic rings. The van der Waals surface area contributed by atoms with Gasteiger partial charge in [-0.25, -0.2) is 24.1 Å². The summed E-state index contributed by atoms with van der Waals surface area (Å²) in [5.41, 5.74) is 4.49. The van der Waals surface area contributed by atoms with Gasteiger partial charge in [-0.2, -0.15) is 32.1 Å². The van der Waals surface area contributed by atoms with Crippen molar-refractivity contribution in [2.45, 2.75) is 84.2 Å². The van der Waals surface area contributed by atoms with Crippen molar-refractivity contribution in [3.05, 3.63) is 77.1 Å². The minimum atomic E-state index is -4.79. The summed E-state index contributed by atoms with van der Waals surface area (Å²) in [6.45, 7) is 5.83. The minimum Gasteiger partial charge on any atom is -0.447 e. The number of alkyl carbamates (subject to hydrolysis) is 1. The van der Waals surface area contributed by atoms with Crippen molar-refractivity contribution >= 4 is 35.1 Å². The topological polar surface area (TPSA) is 146 Å². The second kappa shape index (κ2) is 14.0. The highest BCUT2D eigenvalue weighted by atomic mass is 35.5. The van der Waals surface area contributed by atoms with Crippen molar-refractivity contribution in [3.63, 3.8) is 0 Å². The van der Waals surface area contributed by atoms with Crippen LogP contribution >= 0.6 is 11.6 Å². The van der Waals surface area contributed by atoms with Gasteiger partial charge in [0.1, 0.15) is 24.8 Å². The van der Waals surface area contributed by atoms with Crippen LogP contribution in [0.1, 0.15) is 78.1 Å². The number of aliphatic imine (C=N–C) groups is 1. The summed E-state index contributed by atoms with van der Waals surface area (Å²) in [5.74, 6) is -1.09. The maximum atomic E-state index is 15.0. The summed E-state index contributed by atoms with van der Waals surface area (Å²) in [5, 5.41) is 9.95. The lowest BCUT2D eigenvalue weighted by molar-refractivity contribution is -0.183. The van der Waals surface area contributed by atoms with E-state index in [1.54, 1.807) is 24.3 Å². The second-order valence-electron chi connectivity index (χ2n) is 14.6. The first-order valence-corrected chi connectivity index (χ1v) is 16.6. The number of halogens is 6. The van der Waals surface area contributed by atoms with Gasteiger partial charge in [0.2, 0.25) is 0 Å². The summed E-state index contributed by atoms with van der Waals surface area (Å²) in [7, 11) is 0. The number of nitrogens with two attached hydrogens (primary N) is 1. The summed E-state index contributed by atoms with van der Waals surface area (Å²) in [6.07, 6.45) is 3.17. The van der Waals surface area contributed by atoms with Gasteiger partial charge in [-0.05, 0) is 66.9 Å². The summed E-state index contributed by atoms with van der Waals surface area (Å²) in [4.78, 5) is 37.8. The van der Waals surface area contributed by atoms with Gasteiger partial charge in [-0.15, -0.1) is 0 Å². The molecule has 280 valence electrons. The summed E-state index contributed by atoms with van der Waals surface area (Å²) >= 11 is 6.49. The number of hydrogen-bond donors (Lipinski definition) is 2. The average molecular weight is 752 g/mol. The van der Waals surface area contributed by atoms with Crippen molar-refractivity contribution in [1.29, 1.82) is 0 Å². The van der Waals surface area contributed by atoms with Gasteiger partial charge < -0.3 is 15.8 Å². The fourth-order valence-electron chi connectivity index (χ4n) is 6.39. The molecule has 3 N–H and O–H groups in total. The zero-order valence-electron chi connectivity index (χ0n) is 29.2. The zero-order valence-corrected chi connectivity index (χ0v) is 30.0. The molecule has 0 spiro atoms. The van der Waals surface area contributed by atoms with E-state index in [4.69, 9.17) is 27.1 Å². The number of alkyl halides is 5. The largest absolute Gasteiger partial charge is 0.447 e. The van der Waals surface area contributed by atoms with E-state index in [1.807, 2.05) is 33.0 Å². The maximum absolute atomic E-state index is 15.0. The third-order valence-electron chi connectivity index (χ3n) is 8.91. The molecule has 0 bridgehead atoms. The van der Waals surface area contributed by atoms with Gasteiger partial charge in [-0.3, -0.25) is 9.69 Å². The first-order chi connectivity index (χ1) is 24.1. The number of hydrogen-bond acceptors (Lipinski definition) is 8. The number of benzene rings is 1. The molecule has 0 saturated heterocycles. The van der Waals surface area contributed by atoms with E-state index in [9.17, 15) is 26.7 Å². The SMILES string of the molecule is CC1CC(c2cnn(C(F)F)c2)=CC=C1[C@@]1(CC(C)(C)C)N=C(N)N([C@H](COC(=O)NC(C)(C)C(F)(F)F)c2ccc(Cl)c(-n3cncn3)c2)C1=O. The first kappa shape index (κ1) is 38.4. The van der Waals surface area contributed by atoms with Gasteiger partial charge in [0, 0.05) is 11.8 Å². The normalized spacial score (nSPS) is 20.5. The van der Waals surface area contributed by atoms with E-state index in [-0.39, 0.29) is 23.3 Å². The Morgan fingerprint density at radius 2 is 1.87 bits per heavy atom. The molecular weight excluding hydrogens is 713 g/mol. The van der Waals surface area contributed by atoms with Gasteiger partial charge in [0.15, 0.2) is 11.5 Å². The van der Waals surface area contributed by atoms with Crippen LogP contribution in [0.3, 0.4) is 0 Å². The molecule has 0 radical (unpaired) electrons. The molecule has 5 rings (SSSR count). The molecule has 2 aromatic heterocycles. The molecular formula is C34H39ClF5N9O3. The first-order valence-electron chi connectivity index (χ1n) is 16.2. The number of allylic oxidation sites excluding steroid dienone is 3. The number of amides is 2. The summed E-state index contributed by atoms with van der Waals surface area (Å²) < 4.78 is 74.5. The maximum Gasteiger partial charge on any atom is 0.411 e. The standard InChI is InChI=1S/C34H39ClF5N9O3/c1-19-11-20(22-13-43-47(14-22)28(36)37)7-9-23(19)33(16-31(2,3)4)27(50)49(29(41)45-33)26(15-52-30(51)46-32(5,6)34(38,39)40)21-8-10-24(35)25(12-21)48-18-42-17-44-48/h7-10,12-14,17-19,26,28H,11,15-16H2,1-6H3,(H2,41,45)(H,46,51)/t19?,26-,33-/m1/s1. The lowest BCUT2D eigenvalue weighted by Crippen LogP contribution is -2.55. The highest BCUT2D eigenvalue weighted by Crippen LogP contribution is 2.48. The fraction of sp³-hybridized carbons (Fsp3) is 0.471. The zero-order chi connectivity index (χ0) is 38.4. The van der Waals surface area contributed by atoms with Crippen LogP contribution in [0.2, 0.25) is 5.02 Å². The van der Waals surface area contributed by atoms with Crippen molar-refractivity contribution in [3.8, 4) is 5.69 Å². The quantitative estimate of drug-likeness (QED) is 0.212. The van der Waals surface area contributed by atoms with Crippen LogP contribution in [0.4, 0.5) is 26.7 Å². The number of carbonyl (C=O) groups is 2. The molecule has 12 nitrogen and oxygen atoms in total. The van der Waals surface area contributed by atoms with Crippen molar-refractivity contribution in [1.82, 2.24) is 34.8 Å². The fourth-order valence-corrected chi connectivity index (χ4v) is 6.59. The van der Waals surface area contributed by atoms with Crippen LogP contribution in [0, 0.1) is 11.3 Å². The number of nitrogens with zero attached hydrogens (tertiary/aromatic N) is 7. The Labute approximate surface area is 301 Å². The van der Waals surface area contributed by atoms with Crippen LogP contribution < -0.4 is 11.1 Å². The van der Waals surface area contributed by atoms with Crippen LogP contribution in [0.5, 0.6) is 0 Å². The number of ether oxygens (including phenoxy) is 1. The number of rotatable bonds is 10. The number of aromatic nitrogens is 5. The predicted octanol–water partition coefficient (Wildman–Crippen LogP) is 7.00. The van der Waals surface area contributed by atoms with E-state index in [2.05, 4.69) is 15.2 Å². The Morgan fingerprint density at radius 3 is 2.44 bits per heavy atom. The molecule has 0 saturated carbocycles. The highest BCUT2D eigenvalue weighted by molar-refractivity contribution is 6.32. The highest BCUT2D eigenvalue weighted by Gasteiger charge is 2.55. The Kier molecular flexibility index (Phi) is 10.3. The van der Waals surface area contributed by atoms with Crippen LogP contribution in [0.25, 0.3) is 11.3 Å². The van der Waals surface area contributed by atoms with Gasteiger partial charge in [-0.1, -0.05) is 57.5 Å². The summed E-state index contributed by atoms with van der Waals surface area (Å²) in [6, 6.07) is 3.47. The third kappa shape index (κ3) is 7.68. The Balaban J connectivity index is 1.57. The molecule has 18 heteroatoms.